The van der Waals surface area contributed by atoms with Crippen LogP contribution in [0, 0.1) is 0 Å². The molecule has 7 nitrogen and oxygen atoms in total. The van der Waals surface area contributed by atoms with Crippen LogP contribution < -0.4 is 14.9 Å². The van der Waals surface area contributed by atoms with Gasteiger partial charge in [0.15, 0.2) is 5.75 Å². The number of H-pyrrole nitrogens is 1. The fourth-order valence-corrected chi connectivity index (χ4v) is 5.98. The number of nitrogens with zero attached hydrogens (tertiary/aromatic N) is 1. The van der Waals surface area contributed by atoms with E-state index in [9.17, 15) is 9.59 Å². The standard InChI is InChI=1S/C30H19Br2Cl2N3O4/c1-40-24-11-10-19(33)14-21(24)30(39)41-28-17(12-18(31)13-22(28)32)15-35-37-29(38)27-25(16-6-3-2-4-7-16)20-8-5-9-23(34)26(20)36-27/h2-15,36H,1H3,(H,37,38). The molecule has 0 aliphatic rings. The molecule has 11 heteroatoms. The molecule has 206 valence electrons. The number of aromatic nitrogens is 1. The van der Waals surface area contributed by atoms with E-state index in [0.29, 0.717) is 47.1 Å². The monoisotopic (exact) mass is 713 g/mol. The van der Waals surface area contributed by atoms with Gasteiger partial charge in [0.05, 0.1) is 28.3 Å². The van der Waals surface area contributed by atoms with Crippen LogP contribution in [-0.2, 0) is 0 Å². The Morgan fingerprint density at radius 2 is 1.76 bits per heavy atom. The van der Waals surface area contributed by atoms with Gasteiger partial charge in [0, 0.05) is 26.0 Å². The van der Waals surface area contributed by atoms with E-state index in [1.54, 1.807) is 30.3 Å². The number of hydrazone groups is 1. The molecule has 41 heavy (non-hydrogen) atoms. The number of ether oxygens (including phenoxy) is 2. The van der Waals surface area contributed by atoms with E-state index < -0.39 is 11.9 Å². The molecule has 4 aromatic carbocycles. The number of fused-ring (bicyclic) bond motifs is 1. The number of aromatic amines is 1. The van der Waals surface area contributed by atoms with Gasteiger partial charge in [-0.3, -0.25) is 4.79 Å². The molecule has 0 saturated heterocycles. The summed E-state index contributed by atoms with van der Waals surface area (Å²) in [4.78, 5) is 29.6. The summed E-state index contributed by atoms with van der Waals surface area (Å²) >= 11 is 19.4. The second kappa shape index (κ2) is 12.5. The molecule has 0 unspecified atom stereocenters. The average molecular weight is 716 g/mol. The molecular weight excluding hydrogens is 697 g/mol. The number of amides is 1. The predicted octanol–water partition coefficient (Wildman–Crippen LogP) is 8.66. The summed E-state index contributed by atoms with van der Waals surface area (Å²) in [5.74, 6) is -0.680. The molecule has 1 aromatic heterocycles. The van der Waals surface area contributed by atoms with Crippen molar-refractivity contribution in [3.63, 3.8) is 0 Å². The molecule has 2 N–H and O–H groups in total. The minimum absolute atomic E-state index is 0.150. The van der Waals surface area contributed by atoms with Crippen LogP contribution in [0.2, 0.25) is 10.0 Å². The van der Waals surface area contributed by atoms with Crippen molar-refractivity contribution in [3.05, 3.63) is 115 Å². The van der Waals surface area contributed by atoms with Gasteiger partial charge in [0.1, 0.15) is 17.0 Å². The summed E-state index contributed by atoms with van der Waals surface area (Å²) < 4.78 is 12.2. The Kier molecular flexibility index (Phi) is 8.79. The highest BCUT2D eigenvalue weighted by Crippen LogP contribution is 2.36. The van der Waals surface area contributed by atoms with Crippen LogP contribution in [0.25, 0.3) is 22.0 Å². The molecular formula is C30H19Br2Cl2N3O4. The van der Waals surface area contributed by atoms with Gasteiger partial charge < -0.3 is 14.5 Å². The van der Waals surface area contributed by atoms with Gasteiger partial charge in [-0.15, -0.1) is 0 Å². The van der Waals surface area contributed by atoms with Crippen molar-refractivity contribution < 1.29 is 19.1 Å². The number of carbonyl (C=O) groups excluding carboxylic acids is 2. The summed E-state index contributed by atoms with van der Waals surface area (Å²) in [5, 5.41) is 5.81. The molecule has 0 spiro atoms. The summed E-state index contributed by atoms with van der Waals surface area (Å²) in [5.41, 5.74) is 5.60. The average Bonchev–Trinajstić information content (AvgIpc) is 3.36. The van der Waals surface area contributed by atoms with Gasteiger partial charge in [0.25, 0.3) is 5.91 Å². The molecule has 1 amide bonds. The number of rotatable bonds is 7. The van der Waals surface area contributed by atoms with Gasteiger partial charge in [-0.1, -0.05) is 81.6 Å². The third-order valence-corrected chi connectivity index (χ3v) is 7.65. The first kappa shape index (κ1) is 28.9. The van der Waals surface area contributed by atoms with Crippen LogP contribution in [-0.4, -0.2) is 30.2 Å². The van der Waals surface area contributed by atoms with Crippen molar-refractivity contribution in [3.8, 4) is 22.6 Å². The minimum atomic E-state index is -0.687. The van der Waals surface area contributed by atoms with Crippen LogP contribution >= 0.6 is 55.1 Å². The topological polar surface area (TPSA) is 92.8 Å². The number of para-hydroxylation sites is 1. The molecule has 0 atom stereocenters. The van der Waals surface area contributed by atoms with Crippen molar-refractivity contribution in [2.24, 2.45) is 5.10 Å². The van der Waals surface area contributed by atoms with Crippen molar-refractivity contribution in [1.29, 1.82) is 0 Å². The maximum absolute atomic E-state index is 13.4. The zero-order valence-electron chi connectivity index (χ0n) is 21.2. The summed E-state index contributed by atoms with van der Waals surface area (Å²) in [6.45, 7) is 0. The van der Waals surface area contributed by atoms with Crippen LogP contribution in [0.4, 0.5) is 0 Å². The zero-order chi connectivity index (χ0) is 29.1. The second-order valence-electron chi connectivity index (χ2n) is 8.64. The van der Waals surface area contributed by atoms with E-state index in [2.05, 4.69) is 47.4 Å². The highest BCUT2D eigenvalue weighted by molar-refractivity contribution is 9.11. The van der Waals surface area contributed by atoms with Crippen molar-refractivity contribution in [1.82, 2.24) is 10.4 Å². The molecule has 0 fully saturated rings. The Labute approximate surface area is 261 Å². The van der Waals surface area contributed by atoms with E-state index in [0.717, 1.165) is 10.9 Å². The van der Waals surface area contributed by atoms with Gasteiger partial charge in [0.2, 0.25) is 0 Å². The lowest BCUT2D eigenvalue weighted by molar-refractivity contribution is 0.0729. The first-order valence-corrected chi connectivity index (χ1v) is 14.3. The molecule has 0 aliphatic heterocycles. The van der Waals surface area contributed by atoms with Crippen LogP contribution in [0.3, 0.4) is 0 Å². The quantitative estimate of drug-likeness (QED) is 0.0764. The van der Waals surface area contributed by atoms with Crippen molar-refractivity contribution >= 4 is 84.1 Å². The maximum Gasteiger partial charge on any atom is 0.347 e. The zero-order valence-corrected chi connectivity index (χ0v) is 25.9. The largest absolute Gasteiger partial charge is 0.496 e. The van der Waals surface area contributed by atoms with E-state index in [4.69, 9.17) is 32.7 Å². The lowest BCUT2D eigenvalue weighted by Crippen LogP contribution is -2.19. The van der Waals surface area contributed by atoms with E-state index in [1.165, 1.54) is 19.4 Å². The molecule has 0 radical (unpaired) electrons. The summed E-state index contributed by atoms with van der Waals surface area (Å²) in [6, 6.07) is 23.1. The van der Waals surface area contributed by atoms with Gasteiger partial charge in [-0.2, -0.15) is 5.10 Å². The Morgan fingerprint density at radius 3 is 2.51 bits per heavy atom. The molecule has 5 rings (SSSR count). The highest BCUT2D eigenvalue weighted by Gasteiger charge is 2.21. The number of hydrogen-bond donors (Lipinski definition) is 2. The van der Waals surface area contributed by atoms with Crippen molar-refractivity contribution in [2.75, 3.05) is 7.11 Å². The first-order chi connectivity index (χ1) is 19.8. The molecule has 1 heterocycles. The van der Waals surface area contributed by atoms with Gasteiger partial charge in [-0.05, 0) is 57.9 Å². The van der Waals surface area contributed by atoms with Crippen LogP contribution in [0.1, 0.15) is 26.4 Å². The molecule has 0 saturated carbocycles. The maximum atomic E-state index is 13.4. The number of halogens is 4. The normalized spacial score (nSPS) is 11.1. The van der Waals surface area contributed by atoms with E-state index in [1.807, 2.05) is 42.5 Å². The number of methoxy groups -OCH3 is 1. The predicted molar refractivity (Wildman–Crippen MR) is 169 cm³/mol. The number of carbonyl (C=O) groups is 2. The Hall–Kier alpha value is -3.63. The summed E-state index contributed by atoms with van der Waals surface area (Å²) in [6.07, 6.45) is 1.38. The van der Waals surface area contributed by atoms with Crippen LogP contribution in [0.15, 0.2) is 92.9 Å². The first-order valence-electron chi connectivity index (χ1n) is 12.0. The van der Waals surface area contributed by atoms with Gasteiger partial charge >= 0.3 is 5.97 Å². The number of benzene rings is 4. The smallest absolute Gasteiger partial charge is 0.347 e. The SMILES string of the molecule is COc1ccc(Cl)cc1C(=O)Oc1c(Br)cc(Br)cc1C=NNC(=O)c1[nH]c2c(Cl)cccc2c1-c1ccccc1. The number of nitrogens with one attached hydrogen (secondary N) is 2. The second-order valence-corrected chi connectivity index (χ2v) is 11.3. The fourth-order valence-electron chi connectivity index (χ4n) is 4.24. The minimum Gasteiger partial charge on any atom is -0.496 e. The highest BCUT2D eigenvalue weighted by atomic mass is 79.9. The molecule has 0 bridgehead atoms. The third kappa shape index (κ3) is 6.18. The van der Waals surface area contributed by atoms with E-state index in [-0.39, 0.29) is 11.3 Å². The Morgan fingerprint density at radius 1 is 0.976 bits per heavy atom. The Balaban J connectivity index is 1.45. The molecule has 5 aromatic rings. The lowest BCUT2D eigenvalue weighted by Gasteiger charge is -2.12. The fraction of sp³-hybridized carbons (Fsp3) is 0.0333. The van der Waals surface area contributed by atoms with E-state index >= 15 is 0 Å². The summed E-state index contributed by atoms with van der Waals surface area (Å²) in [7, 11) is 1.45. The van der Waals surface area contributed by atoms with Crippen LogP contribution in [0.5, 0.6) is 11.5 Å². The van der Waals surface area contributed by atoms with Gasteiger partial charge in [-0.25, -0.2) is 10.2 Å². The number of esters is 1. The molecule has 0 aliphatic carbocycles. The lowest BCUT2D eigenvalue weighted by atomic mass is 10.0. The van der Waals surface area contributed by atoms with Crippen molar-refractivity contribution in [2.45, 2.75) is 0 Å². The third-order valence-electron chi connectivity index (χ3n) is 6.06. The Bertz CT molecular complexity index is 1820. The number of hydrogen-bond acceptors (Lipinski definition) is 5.